The normalized spacial score (nSPS) is 15.7. The number of carbonyl (C=O) groups excluding carboxylic acids is 1. The van der Waals surface area contributed by atoms with Gasteiger partial charge in [-0.2, -0.15) is 5.10 Å². The molecular formula is C27H30FN5O2. The summed E-state index contributed by atoms with van der Waals surface area (Å²) in [6.07, 6.45) is 6.84. The van der Waals surface area contributed by atoms with Gasteiger partial charge < -0.3 is 9.80 Å². The van der Waals surface area contributed by atoms with E-state index in [4.69, 9.17) is 0 Å². The summed E-state index contributed by atoms with van der Waals surface area (Å²) in [7, 11) is 3.45. The molecule has 0 aliphatic carbocycles. The van der Waals surface area contributed by atoms with Gasteiger partial charge in [-0.15, -0.1) is 0 Å². The molecule has 35 heavy (non-hydrogen) atoms. The van der Waals surface area contributed by atoms with E-state index in [0.29, 0.717) is 25.3 Å². The molecule has 4 rings (SSSR count). The number of benzene rings is 2. The summed E-state index contributed by atoms with van der Waals surface area (Å²) in [6.45, 7) is 6.93. The molecular weight excluding hydrogens is 445 g/mol. The van der Waals surface area contributed by atoms with Crippen molar-refractivity contribution in [2.45, 2.75) is 19.8 Å². The first kappa shape index (κ1) is 24.2. The molecule has 2 heterocycles. The molecule has 2 aromatic carbocycles. The van der Waals surface area contributed by atoms with Gasteiger partial charge in [0, 0.05) is 33.6 Å². The number of hydrogen-bond donors (Lipinski definition) is 1. The third kappa shape index (κ3) is 5.11. The average molecular weight is 476 g/mol. The summed E-state index contributed by atoms with van der Waals surface area (Å²) >= 11 is 0. The number of allylic oxidation sites excluding steroid dienone is 2. The lowest BCUT2D eigenvalue weighted by Gasteiger charge is -2.21. The van der Waals surface area contributed by atoms with Gasteiger partial charge >= 0.3 is 11.7 Å². The van der Waals surface area contributed by atoms with E-state index in [-0.39, 0.29) is 17.6 Å². The van der Waals surface area contributed by atoms with Crippen LogP contribution < -0.4 is 5.69 Å². The van der Waals surface area contributed by atoms with Crippen LogP contribution in [0, 0.1) is 18.7 Å². The second-order valence-corrected chi connectivity index (χ2v) is 9.09. The first-order chi connectivity index (χ1) is 16.8. The summed E-state index contributed by atoms with van der Waals surface area (Å²) in [5, 5.41) is 6.61. The van der Waals surface area contributed by atoms with E-state index in [2.05, 4.69) is 16.8 Å². The number of halogens is 1. The maximum absolute atomic E-state index is 15.3. The van der Waals surface area contributed by atoms with Crippen LogP contribution in [0.15, 0.2) is 59.9 Å². The number of likely N-dealkylation sites (tertiary alicyclic amines) is 1. The Balaban J connectivity index is 1.57. The van der Waals surface area contributed by atoms with Gasteiger partial charge in [-0.3, -0.25) is 0 Å². The number of aromatic nitrogens is 3. The SMILES string of the molecule is C=C/C=C\c1ccc(-c2ccc(-n3c(C[C@@H]4CCN(C(=O)N(C)C)C4)n[nH]c3=O)c(F)c2)cc1C. The van der Waals surface area contributed by atoms with Gasteiger partial charge in [0.1, 0.15) is 11.6 Å². The van der Waals surface area contributed by atoms with Crippen LogP contribution in [-0.2, 0) is 6.42 Å². The Labute approximate surface area is 204 Å². The minimum absolute atomic E-state index is 0.0338. The Hall–Kier alpha value is -3.94. The lowest BCUT2D eigenvalue weighted by Crippen LogP contribution is -2.37. The van der Waals surface area contributed by atoms with Gasteiger partial charge in [-0.05, 0) is 53.6 Å². The van der Waals surface area contributed by atoms with Crippen LogP contribution in [0.25, 0.3) is 22.9 Å². The molecule has 0 saturated carbocycles. The van der Waals surface area contributed by atoms with E-state index in [1.807, 2.05) is 43.3 Å². The van der Waals surface area contributed by atoms with E-state index >= 15 is 4.39 Å². The highest BCUT2D eigenvalue weighted by molar-refractivity contribution is 5.74. The largest absolute Gasteiger partial charge is 0.348 e. The fraction of sp³-hybridized carbons (Fsp3) is 0.296. The molecule has 8 heteroatoms. The van der Waals surface area contributed by atoms with Crippen LogP contribution in [0.2, 0.25) is 0 Å². The number of aromatic amines is 1. The fourth-order valence-corrected chi connectivity index (χ4v) is 4.51. The molecule has 0 bridgehead atoms. The number of urea groups is 1. The molecule has 0 radical (unpaired) electrons. The monoisotopic (exact) mass is 475 g/mol. The van der Waals surface area contributed by atoms with E-state index in [1.165, 1.54) is 10.6 Å². The predicted octanol–water partition coefficient (Wildman–Crippen LogP) is 4.42. The van der Waals surface area contributed by atoms with E-state index in [9.17, 15) is 9.59 Å². The Morgan fingerprint density at radius 1 is 1.26 bits per heavy atom. The van der Waals surface area contributed by atoms with E-state index in [0.717, 1.165) is 28.7 Å². The summed E-state index contributed by atoms with van der Waals surface area (Å²) < 4.78 is 16.6. The second-order valence-electron chi connectivity index (χ2n) is 9.09. The zero-order valence-corrected chi connectivity index (χ0v) is 20.3. The van der Waals surface area contributed by atoms with E-state index in [1.54, 1.807) is 36.0 Å². The Kier molecular flexibility index (Phi) is 7.00. The number of amides is 2. The molecule has 7 nitrogen and oxygen atoms in total. The van der Waals surface area contributed by atoms with Gasteiger partial charge in [0.15, 0.2) is 0 Å². The maximum Gasteiger partial charge on any atom is 0.348 e. The highest BCUT2D eigenvalue weighted by Gasteiger charge is 2.29. The van der Waals surface area contributed by atoms with Crippen molar-refractivity contribution in [3.05, 3.63) is 88.4 Å². The van der Waals surface area contributed by atoms with Gasteiger partial charge in [-0.25, -0.2) is 23.6 Å². The lowest BCUT2D eigenvalue weighted by molar-refractivity contribution is 0.180. The smallest absolute Gasteiger partial charge is 0.331 e. The number of hydrogen-bond acceptors (Lipinski definition) is 3. The van der Waals surface area contributed by atoms with Crippen molar-refractivity contribution in [1.29, 1.82) is 0 Å². The van der Waals surface area contributed by atoms with Crippen LogP contribution >= 0.6 is 0 Å². The number of carbonyl (C=O) groups is 1. The van der Waals surface area contributed by atoms with Gasteiger partial charge in [0.2, 0.25) is 0 Å². The molecule has 1 saturated heterocycles. The van der Waals surface area contributed by atoms with Crippen LogP contribution in [0.3, 0.4) is 0 Å². The third-order valence-corrected chi connectivity index (χ3v) is 6.36. The lowest BCUT2D eigenvalue weighted by atomic mass is 9.99. The van der Waals surface area contributed by atoms with Gasteiger partial charge in [0.25, 0.3) is 0 Å². The molecule has 1 N–H and O–H groups in total. The summed E-state index contributed by atoms with van der Waals surface area (Å²) in [6, 6.07) is 10.8. The number of aryl methyl sites for hydroxylation is 1. The summed E-state index contributed by atoms with van der Waals surface area (Å²) in [5.41, 5.74) is 3.42. The van der Waals surface area contributed by atoms with E-state index < -0.39 is 11.5 Å². The summed E-state index contributed by atoms with van der Waals surface area (Å²) in [4.78, 5) is 28.1. The fourth-order valence-electron chi connectivity index (χ4n) is 4.51. The Morgan fingerprint density at radius 3 is 2.69 bits per heavy atom. The zero-order chi connectivity index (χ0) is 25.1. The van der Waals surface area contributed by atoms with Crippen LogP contribution in [-0.4, -0.2) is 57.8 Å². The topological polar surface area (TPSA) is 74.2 Å². The molecule has 2 amide bonds. The van der Waals surface area contributed by atoms with Crippen molar-refractivity contribution < 1.29 is 9.18 Å². The Bertz CT molecular complexity index is 1340. The molecule has 3 aromatic rings. The molecule has 182 valence electrons. The maximum atomic E-state index is 15.3. The standard InChI is InChI=1S/C27H30FN5O2/c1-5-6-7-20-8-9-21(14-18(20)2)22-10-11-24(23(28)16-22)33-25(29-30-26(33)34)15-19-12-13-32(17-19)27(35)31(3)4/h5-11,14,16,19H,1,12-13,15,17H2,2-4H3,(H,30,34)/b7-6-/t19-/m0/s1. The summed E-state index contributed by atoms with van der Waals surface area (Å²) in [5.74, 6) is 0.100. The first-order valence-electron chi connectivity index (χ1n) is 11.6. The van der Waals surface area contributed by atoms with Crippen LogP contribution in [0.1, 0.15) is 23.4 Å². The third-order valence-electron chi connectivity index (χ3n) is 6.36. The Morgan fingerprint density at radius 2 is 2.00 bits per heavy atom. The van der Waals surface area contributed by atoms with Crippen molar-refractivity contribution in [1.82, 2.24) is 24.6 Å². The minimum Gasteiger partial charge on any atom is -0.331 e. The van der Waals surface area contributed by atoms with Crippen LogP contribution in [0.5, 0.6) is 0 Å². The highest BCUT2D eigenvalue weighted by Crippen LogP contribution is 2.27. The zero-order valence-electron chi connectivity index (χ0n) is 20.3. The number of nitrogens with one attached hydrogen (secondary N) is 1. The second kappa shape index (κ2) is 10.1. The van der Waals surface area contributed by atoms with Gasteiger partial charge in [-0.1, -0.05) is 49.1 Å². The molecule has 0 unspecified atom stereocenters. The van der Waals surface area contributed by atoms with Crippen molar-refractivity contribution in [3.8, 4) is 16.8 Å². The molecule has 1 aliphatic heterocycles. The average Bonchev–Trinajstić information content (AvgIpc) is 3.44. The number of nitrogens with zero attached hydrogens (tertiary/aromatic N) is 4. The molecule has 1 atom stereocenters. The molecule has 1 fully saturated rings. The van der Waals surface area contributed by atoms with Gasteiger partial charge in [0.05, 0.1) is 5.69 Å². The van der Waals surface area contributed by atoms with Crippen LogP contribution in [0.4, 0.5) is 9.18 Å². The van der Waals surface area contributed by atoms with Crippen molar-refractivity contribution in [3.63, 3.8) is 0 Å². The highest BCUT2D eigenvalue weighted by atomic mass is 19.1. The van der Waals surface area contributed by atoms with Crippen molar-refractivity contribution in [2.24, 2.45) is 5.92 Å². The van der Waals surface area contributed by atoms with Crippen molar-refractivity contribution in [2.75, 3.05) is 27.2 Å². The molecule has 1 aromatic heterocycles. The number of rotatable bonds is 6. The number of H-pyrrole nitrogens is 1. The molecule has 1 aliphatic rings. The van der Waals surface area contributed by atoms with Crippen molar-refractivity contribution >= 4 is 12.1 Å². The minimum atomic E-state index is -0.503. The predicted molar refractivity (Wildman–Crippen MR) is 136 cm³/mol. The quantitative estimate of drug-likeness (QED) is 0.537. The first-order valence-corrected chi connectivity index (χ1v) is 11.6. The molecule has 0 spiro atoms.